The molecule has 0 atom stereocenters. The summed E-state index contributed by atoms with van der Waals surface area (Å²) in [6.07, 6.45) is 0. The highest BCUT2D eigenvalue weighted by atomic mass is 35.5. The summed E-state index contributed by atoms with van der Waals surface area (Å²) in [5.74, 6) is -0.786. The third-order valence-corrected chi connectivity index (χ3v) is 3.12. The highest BCUT2D eigenvalue weighted by Gasteiger charge is 2.26. The number of benzene rings is 1. The molecule has 1 N–H and O–H groups in total. The van der Waals surface area contributed by atoms with E-state index in [-0.39, 0.29) is 27.1 Å². The van der Waals surface area contributed by atoms with Crippen molar-refractivity contribution in [1.29, 1.82) is 0 Å². The highest BCUT2D eigenvalue weighted by Crippen LogP contribution is 2.45. The molecule has 0 aromatic heterocycles. The van der Waals surface area contributed by atoms with Gasteiger partial charge in [-0.25, -0.2) is 4.79 Å². The van der Waals surface area contributed by atoms with E-state index in [9.17, 15) is 9.90 Å². The van der Waals surface area contributed by atoms with Crippen LogP contribution < -0.4 is 9.47 Å². The van der Waals surface area contributed by atoms with Gasteiger partial charge in [0.15, 0.2) is 11.5 Å². The van der Waals surface area contributed by atoms with Crippen molar-refractivity contribution in [2.75, 3.05) is 13.2 Å². The van der Waals surface area contributed by atoms with Crippen LogP contribution in [0.4, 0.5) is 0 Å². The van der Waals surface area contributed by atoms with E-state index in [2.05, 4.69) is 0 Å². The lowest BCUT2D eigenvalue weighted by molar-refractivity contribution is 0.0691. The van der Waals surface area contributed by atoms with Crippen LogP contribution in [0.3, 0.4) is 0 Å². The number of carboxylic acid groups (broad SMARTS) is 1. The molecule has 4 nitrogen and oxygen atoms in total. The van der Waals surface area contributed by atoms with Gasteiger partial charge in [0, 0.05) is 0 Å². The first-order valence-electron chi connectivity index (χ1n) is 5.46. The Hall–Kier alpha value is -1.13. The first-order valence-corrected chi connectivity index (χ1v) is 6.21. The van der Waals surface area contributed by atoms with E-state index in [0.717, 1.165) is 0 Å². The second-order valence-corrected chi connectivity index (χ2v) is 4.21. The van der Waals surface area contributed by atoms with Gasteiger partial charge in [-0.1, -0.05) is 23.2 Å². The average molecular weight is 293 g/mol. The molecule has 1 aromatic carbocycles. The zero-order chi connectivity index (χ0) is 13.9. The summed E-state index contributed by atoms with van der Waals surface area (Å²) in [6.45, 7) is 5.79. The summed E-state index contributed by atoms with van der Waals surface area (Å²) in [5, 5.41) is 9.49. The Balaban J connectivity index is 3.58. The minimum atomic E-state index is -1.14. The lowest BCUT2D eigenvalue weighted by atomic mass is 10.1. The zero-order valence-corrected chi connectivity index (χ0v) is 11.9. The molecule has 0 saturated heterocycles. The van der Waals surface area contributed by atoms with Gasteiger partial charge >= 0.3 is 5.97 Å². The predicted octanol–water partition coefficient (Wildman–Crippen LogP) is 3.80. The third kappa shape index (κ3) is 2.65. The largest absolute Gasteiger partial charge is 0.491 e. The van der Waals surface area contributed by atoms with Crippen molar-refractivity contribution in [3.8, 4) is 11.5 Å². The standard InChI is InChI=1S/C12H14Cl2O4/c1-4-17-10-7(12(15)16)6(3)8(13)11(9(10)14)18-5-2/h4-5H2,1-3H3,(H,15,16). The molecule has 0 aliphatic heterocycles. The topological polar surface area (TPSA) is 55.8 Å². The van der Waals surface area contributed by atoms with E-state index in [1.165, 1.54) is 0 Å². The number of hydrogen-bond acceptors (Lipinski definition) is 3. The van der Waals surface area contributed by atoms with Gasteiger partial charge < -0.3 is 14.6 Å². The molecular formula is C12H14Cl2O4. The maximum Gasteiger partial charge on any atom is 0.339 e. The fraction of sp³-hybridized carbons (Fsp3) is 0.417. The van der Waals surface area contributed by atoms with Gasteiger partial charge in [-0.3, -0.25) is 0 Å². The summed E-state index contributed by atoms with van der Waals surface area (Å²) in [5.41, 5.74) is 0.343. The molecular weight excluding hydrogens is 279 g/mol. The normalized spacial score (nSPS) is 10.3. The Morgan fingerprint density at radius 2 is 1.61 bits per heavy atom. The molecule has 0 bridgehead atoms. The van der Waals surface area contributed by atoms with E-state index in [0.29, 0.717) is 18.8 Å². The maximum absolute atomic E-state index is 11.3. The van der Waals surface area contributed by atoms with Crippen LogP contribution in [0.15, 0.2) is 0 Å². The van der Waals surface area contributed by atoms with Crippen molar-refractivity contribution in [3.05, 3.63) is 21.2 Å². The number of aromatic carboxylic acids is 1. The molecule has 0 spiro atoms. The van der Waals surface area contributed by atoms with Gasteiger partial charge in [-0.05, 0) is 26.3 Å². The van der Waals surface area contributed by atoms with E-state index in [4.69, 9.17) is 32.7 Å². The van der Waals surface area contributed by atoms with Crippen molar-refractivity contribution in [2.24, 2.45) is 0 Å². The molecule has 0 radical (unpaired) electrons. The average Bonchev–Trinajstić information content (AvgIpc) is 2.31. The van der Waals surface area contributed by atoms with Crippen molar-refractivity contribution in [1.82, 2.24) is 0 Å². The molecule has 0 amide bonds. The molecule has 0 fully saturated rings. The van der Waals surface area contributed by atoms with Gasteiger partial charge in [0.1, 0.15) is 10.6 Å². The van der Waals surface area contributed by atoms with Crippen LogP contribution >= 0.6 is 23.2 Å². The van der Waals surface area contributed by atoms with Gasteiger partial charge in [0.25, 0.3) is 0 Å². The lowest BCUT2D eigenvalue weighted by Gasteiger charge is -2.17. The molecule has 6 heteroatoms. The Labute approximate surface area is 115 Å². The number of halogens is 2. The molecule has 0 aliphatic rings. The molecule has 1 aromatic rings. The molecule has 0 saturated carbocycles. The summed E-state index contributed by atoms with van der Waals surface area (Å²) in [7, 11) is 0. The molecule has 0 unspecified atom stereocenters. The van der Waals surface area contributed by atoms with Crippen LogP contribution in [-0.2, 0) is 0 Å². The number of rotatable bonds is 5. The van der Waals surface area contributed by atoms with Crippen LogP contribution in [-0.4, -0.2) is 24.3 Å². The molecule has 0 heterocycles. The van der Waals surface area contributed by atoms with E-state index in [1.807, 2.05) is 0 Å². The SMILES string of the molecule is CCOc1c(Cl)c(C)c(C(=O)O)c(OCC)c1Cl. The van der Waals surface area contributed by atoms with Crippen molar-refractivity contribution in [3.63, 3.8) is 0 Å². The van der Waals surface area contributed by atoms with Gasteiger partial charge in [-0.2, -0.15) is 0 Å². The first-order chi connectivity index (χ1) is 8.45. The van der Waals surface area contributed by atoms with Crippen LogP contribution in [0.5, 0.6) is 11.5 Å². The van der Waals surface area contributed by atoms with Crippen molar-refractivity contribution >= 4 is 29.2 Å². The lowest BCUT2D eigenvalue weighted by Crippen LogP contribution is -2.08. The van der Waals surface area contributed by atoms with Crippen LogP contribution in [0.2, 0.25) is 10.0 Å². The molecule has 0 aliphatic carbocycles. The molecule has 1 rings (SSSR count). The van der Waals surface area contributed by atoms with Gasteiger partial charge in [-0.15, -0.1) is 0 Å². The summed E-state index contributed by atoms with van der Waals surface area (Å²) in [6, 6.07) is 0. The van der Waals surface area contributed by atoms with Crippen molar-refractivity contribution < 1.29 is 19.4 Å². The number of carbonyl (C=O) groups is 1. The number of ether oxygens (including phenoxy) is 2. The molecule has 100 valence electrons. The second kappa shape index (κ2) is 6.16. The van der Waals surface area contributed by atoms with E-state index >= 15 is 0 Å². The predicted molar refractivity (Wildman–Crippen MR) is 70.5 cm³/mol. The van der Waals surface area contributed by atoms with E-state index in [1.54, 1.807) is 20.8 Å². The zero-order valence-electron chi connectivity index (χ0n) is 10.3. The Morgan fingerprint density at radius 1 is 1.11 bits per heavy atom. The maximum atomic E-state index is 11.3. The van der Waals surface area contributed by atoms with Crippen LogP contribution in [0.25, 0.3) is 0 Å². The second-order valence-electron chi connectivity index (χ2n) is 3.46. The Kier molecular flexibility index (Phi) is 5.11. The summed E-state index contributed by atoms with van der Waals surface area (Å²) < 4.78 is 10.6. The van der Waals surface area contributed by atoms with Crippen LogP contribution in [0.1, 0.15) is 29.8 Å². The van der Waals surface area contributed by atoms with E-state index < -0.39 is 5.97 Å². The van der Waals surface area contributed by atoms with Gasteiger partial charge in [0.2, 0.25) is 0 Å². The fourth-order valence-electron chi connectivity index (χ4n) is 1.57. The fourth-order valence-corrected chi connectivity index (χ4v) is 2.16. The first kappa shape index (κ1) is 14.9. The molecule has 18 heavy (non-hydrogen) atoms. The quantitative estimate of drug-likeness (QED) is 0.897. The number of hydrogen-bond donors (Lipinski definition) is 1. The Morgan fingerprint density at radius 3 is 2.06 bits per heavy atom. The number of carboxylic acids is 1. The van der Waals surface area contributed by atoms with Crippen molar-refractivity contribution in [2.45, 2.75) is 20.8 Å². The highest BCUT2D eigenvalue weighted by molar-refractivity contribution is 6.39. The van der Waals surface area contributed by atoms with Crippen LogP contribution in [0, 0.1) is 6.92 Å². The van der Waals surface area contributed by atoms with Gasteiger partial charge in [0.05, 0.1) is 18.2 Å². The monoisotopic (exact) mass is 292 g/mol. The minimum absolute atomic E-state index is 0.0321. The Bertz CT molecular complexity index is 472. The summed E-state index contributed by atoms with van der Waals surface area (Å²) >= 11 is 12.2. The summed E-state index contributed by atoms with van der Waals surface area (Å²) in [4.78, 5) is 11.3. The smallest absolute Gasteiger partial charge is 0.339 e. The third-order valence-electron chi connectivity index (χ3n) is 2.32. The minimum Gasteiger partial charge on any atom is -0.491 e.